The van der Waals surface area contributed by atoms with Crippen LogP contribution in [0.15, 0.2) is 54.9 Å². The fourth-order valence-electron chi connectivity index (χ4n) is 2.42. The molecule has 0 aliphatic rings. The van der Waals surface area contributed by atoms with Crippen molar-refractivity contribution in [3.63, 3.8) is 0 Å². The summed E-state index contributed by atoms with van der Waals surface area (Å²) < 4.78 is 1.74. The molecule has 3 aromatic rings. The van der Waals surface area contributed by atoms with Gasteiger partial charge in [-0.05, 0) is 53.5 Å². The summed E-state index contributed by atoms with van der Waals surface area (Å²) in [7, 11) is 0. The molecule has 7 heteroatoms. The van der Waals surface area contributed by atoms with E-state index in [9.17, 15) is 0 Å². The molecule has 0 aliphatic heterocycles. The Labute approximate surface area is 163 Å². The summed E-state index contributed by atoms with van der Waals surface area (Å²) in [5.74, 6) is 0.957. The fourth-order valence-corrected chi connectivity index (χ4v) is 2.76. The van der Waals surface area contributed by atoms with Crippen molar-refractivity contribution in [2.75, 3.05) is 10.6 Å². The molecule has 2 N–H and O–H groups in total. The van der Waals surface area contributed by atoms with Gasteiger partial charge in [-0.25, -0.2) is 9.67 Å². The molecular weight excluding hydrogens is 366 g/mol. The van der Waals surface area contributed by atoms with Gasteiger partial charge in [0.25, 0.3) is 0 Å². The van der Waals surface area contributed by atoms with Crippen LogP contribution in [0.5, 0.6) is 0 Å². The third-order valence-corrected chi connectivity index (χ3v) is 4.31. The Balaban J connectivity index is 1.56. The number of nitrogens with one attached hydrogen (secondary N) is 2. The van der Waals surface area contributed by atoms with E-state index in [4.69, 9.17) is 23.8 Å². The van der Waals surface area contributed by atoms with Gasteiger partial charge in [0.1, 0.15) is 6.33 Å². The van der Waals surface area contributed by atoms with Crippen molar-refractivity contribution in [2.24, 2.45) is 0 Å². The maximum Gasteiger partial charge on any atom is 0.248 e. The maximum absolute atomic E-state index is 5.90. The lowest BCUT2D eigenvalue weighted by Crippen LogP contribution is -2.20. The molecule has 2 aromatic carbocycles. The van der Waals surface area contributed by atoms with E-state index in [1.165, 1.54) is 5.56 Å². The smallest absolute Gasteiger partial charge is 0.248 e. The summed E-state index contributed by atoms with van der Waals surface area (Å²) in [6.07, 6.45) is 1.66. The lowest BCUT2D eigenvalue weighted by Gasteiger charge is -2.10. The van der Waals surface area contributed by atoms with Crippen molar-refractivity contribution in [2.45, 2.75) is 26.3 Å². The lowest BCUT2D eigenvalue weighted by molar-refractivity contribution is 0.687. The molecule has 0 saturated heterocycles. The van der Waals surface area contributed by atoms with Gasteiger partial charge in [0.2, 0.25) is 5.95 Å². The monoisotopic (exact) mass is 385 g/mol. The second-order valence-electron chi connectivity index (χ2n) is 6.25. The van der Waals surface area contributed by atoms with Gasteiger partial charge in [0.05, 0.1) is 6.54 Å². The van der Waals surface area contributed by atoms with Crippen molar-refractivity contribution in [3.05, 3.63) is 71.0 Å². The molecule has 0 spiro atoms. The molecule has 0 aliphatic carbocycles. The average molecular weight is 386 g/mol. The Morgan fingerprint density at radius 3 is 2.42 bits per heavy atom. The molecule has 3 rings (SSSR count). The topological polar surface area (TPSA) is 54.8 Å². The van der Waals surface area contributed by atoms with E-state index < -0.39 is 0 Å². The standard InChI is InChI=1S/C19H20ClN5S/c1-13(2)15-5-9-17(10-6-15)22-19(26)23-18-21-12-25(24-18)11-14-3-7-16(20)8-4-14/h3-10,12-13H,11H2,1-2H3,(H2,22,23,24,26). The van der Waals surface area contributed by atoms with Crippen LogP contribution in [0, 0.1) is 0 Å². The van der Waals surface area contributed by atoms with E-state index in [1.54, 1.807) is 11.0 Å². The van der Waals surface area contributed by atoms with Gasteiger partial charge in [0, 0.05) is 10.7 Å². The zero-order valence-corrected chi connectivity index (χ0v) is 16.2. The van der Waals surface area contributed by atoms with E-state index in [-0.39, 0.29) is 0 Å². The molecule has 5 nitrogen and oxygen atoms in total. The van der Waals surface area contributed by atoms with Crippen molar-refractivity contribution < 1.29 is 0 Å². The second kappa shape index (κ2) is 8.29. The Morgan fingerprint density at radius 2 is 1.77 bits per heavy atom. The van der Waals surface area contributed by atoms with Crippen LogP contribution in [0.3, 0.4) is 0 Å². The number of anilines is 2. The highest BCUT2D eigenvalue weighted by Gasteiger charge is 2.05. The van der Waals surface area contributed by atoms with Gasteiger partial charge in [-0.3, -0.25) is 5.32 Å². The van der Waals surface area contributed by atoms with E-state index in [0.29, 0.717) is 28.5 Å². The van der Waals surface area contributed by atoms with Crippen LogP contribution in [0.25, 0.3) is 0 Å². The number of hydrogen-bond donors (Lipinski definition) is 2. The molecule has 0 amide bonds. The molecule has 0 unspecified atom stereocenters. The summed E-state index contributed by atoms with van der Waals surface area (Å²) in [5, 5.41) is 11.7. The molecule has 134 valence electrons. The Bertz CT molecular complexity index is 872. The number of hydrogen-bond acceptors (Lipinski definition) is 3. The average Bonchev–Trinajstić information content (AvgIpc) is 3.04. The summed E-state index contributed by atoms with van der Waals surface area (Å²) in [6.45, 7) is 4.95. The van der Waals surface area contributed by atoms with Gasteiger partial charge in [-0.15, -0.1) is 5.10 Å². The summed E-state index contributed by atoms with van der Waals surface area (Å²) in [5.41, 5.74) is 3.31. The first kappa shape index (κ1) is 18.4. The van der Waals surface area contributed by atoms with Crippen LogP contribution in [0.4, 0.5) is 11.6 Å². The number of aromatic nitrogens is 3. The lowest BCUT2D eigenvalue weighted by atomic mass is 10.0. The van der Waals surface area contributed by atoms with Crippen molar-refractivity contribution in [3.8, 4) is 0 Å². The van der Waals surface area contributed by atoms with Crippen LogP contribution in [0.2, 0.25) is 5.02 Å². The molecule has 0 saturated carbocycles. The minimum atomic E-state index is 0.450. The quantitative estimate of drug-likeness (QED) is 0.611. The molecule has 0 atom stereocenters. The van der Waals surface area contributed by atoms with E-state index in [0.717, 1.165) is 11.3 Å². The van der Waals surface area contributed by atoms with E-state index in [2.05, 4.69) is 46.7 Å². The number of halogens is 1. The van der Waals surface area contributed by atoms with Crippen LogP contribution in [-0.4, -0.2) is 19.9 Å². The summed E-state index contributed by atoms with van der Waals surface area (Å²) in [4.78, 5) is 4.24. The van der Waals surface area contributed by atoms with Crippen LogP contribution >= 0.6 is 23.8 Å². The number of rotatable bonds is 5. The zero-order chi connectivity index (χ0) is 18.5. The Hall–Kier alpha value is -2.44. The van der Waals surface area contributed by atoms with Gasteiger partial charge in [-0.1, -0.05) is 49.7 Å². The predicted molar refractivity (Wildman–Crippen MR) is 111 cm³/mol. The third kappa shape index (κ3) is 5.03. The van der Waals surface area contributed by atoms with Gasteiger partial charge in [0.15, 0.2) is 5.11 Å². The Morgan fingerprint density at radius 1 is 1.08 bits per heavy atom. The van der Waals surface area contributed by atoms with Gasteiger partial charge in [-0.2, -0.15) is 0 Å². The highest BCUT2D eigenvalue weighted by atomic mass is 35.5. The van der Waals surface area contributed by atoms with E-state index in [1.807, 2.05) is 36.4 Å². The summed E-state index contributed by atoms with van der Waals surface area (Å²) in [6, 6.07) is 15.8. The van der Waals surface area contributed by atoms with Gasteiger partial charge < -0.3 is 5.32 Å². The van der Waals surface area contributed by atoms with Crippen LogP contribution in [-0.2, 0) is 6.54 Å². The van der Waals surface area contributed by atoms with Crippen molar-refractivity contribution in [1.82, 2.24) is 14.8 Å². The molecule has 0 radical (unpaired) electrons. The largest absolute Gasteiger partial charge is 0.332 e. The van der Waals surface area contributed by atoms with Crippen molar-refractivity contribution >= 4 is 40.6 Å². The number of benzene rings is 2. The fraction of sp³-hybridized carbons (Fsp3) is 0.211. The first-order valence-electron chi connectivity index (χ1n) is 8.31. The zero-order valence-electron chi connectivity index (χ0n) is 14.6. The van der Waals surface area contributed by atoms with Crippen molar-refractivity contribution in [1.29, 1.82) is 0 Å². The third-order valence-electron chi connectivity index (χ3n) is 3.85. The highest BCUT2D eigenvalue weighted by Crippen LogP contribution is 2.17. The SMILES string of the molecule is CC(C)c1ccc(NC(=S)Nc2ncn(Cc3ccc(Cl)cc3)n2)cc1. The minimum Gasteiger partial charge on any atom is -0.332 e. The normalized spacial score (nSPS) is 10.8. The maximum atomic E-state index is 5.90. The second-order valence-corrected chi connectivity index (χ2v) is 7.09. The minimum absolute atomic E-state index is 0.450. The molecular formula is C19H20ClN5S. The van der Waals surface area contributed by atoms with E-state index >= 15 is 0 Å². The van der Waals surface area contributed by atoms with Crippen LogP contribution < -0.4 is 10.6 Å². The van der Waals surface area contributed by atoms with Crippen LogP contribution in [0.1, 0.15) is 30.9 Å². The Kier molecular flexibility index (Phi) is 5.85. The number of thiocarbonyl (C=S) groups is 1. The molecule has 0 fully saturated rings. The summed E-state index contributed by atoms with van der Waals surface area (Å²) >= 11 is 11.2. The first-order valence-corrected chi connectivity index (χ1v) is 9.10. The molecule has 26 heavy (non-hydrogen) atoms. The first-order chi connectivity index (χ1) is 12.5. The predicted octanol–water partition coefficient (Wildman–Crippen LogP) is 4.91. The number of nitrogens with zero attached hydrogens (tertiary/aromatic N) is 3. The molecule has 1 aromatic heterocycles. The molecule has 0 bridgehead atoms. The van der Waals surface area contributed by atoms with Gasteiger partial charge >= 0.3 is 0 Å². The highest BCUT2D eigenvalue weighted by molar-refractivity contribution is 7.80. The molecule has 1 heterocycles.